The van der Waals surface area contributed by atoms with E-state index in [-0.39, 0.29) is 29.2 Å². The van der Waals surface area contributed by atoms with E-state index < -0.39 is 5.97 Å². The van der Waals surface area contributed by atoms with E-state index in [0.717, 1.165) is 0 Å². The summed E-state index contributed by atoms with van der Waals surface area (Å²) >= 11 is 0. The molecule has 3 aromatic rings. The van der Waals surface area contributed by atoms with Crippen LogP contribution in [0, 0.1) is 11.8 Å². The van der Waals surface area contributed by atoms with E-state index in [0.29, 0.717) is 40.7 Å². The summed E-state index contributed by atoms with van der Waals surface area (Å²) in [7, 11) is 0. The number of carboxylic acid groups (broad SMARTS) is 1. The van der Waals surface area contributed by atoms with Crippen molar-refractivity contribution in [2.45, 2.75) is 12.8 Å². The lowest BCUT2D eigenvalue weighted by Gasteiger charge is -2.16. The molecule has 0 unspecified atom stereocenters. The van der Waals surface area contributed by atoms with E-state index in [9.17, 15) is 19.5 Å². The lowest BCUT2D eigenvalue weighted by Crippen LogP contribution is -2.30. The second-order valence-corrected chi connectivity index (χ2v) is 7.60. The molecule has 0 spiro atoms. The average molecular weight is 398 g/mol. The molecule has 0 radical (unpaired) electrons. The topological polar surface area (TPSA) is 87.6 Å². The molecule has 5 rings (SSSR count). The Kier molecular flexibility index (Phi) is 4.20. The summed E-state index contributed by atoms with van der Waals surface area (Å²) in [4.78, 5) is 43.4. The molecule has 2 aliphatic rings. The van der Waals surface area contributed by atoms with Crippen molar-refractivity contribution in [3.63, 3.8) is 0 Å². The van der Waals surface area contributed by atoms with Gasteiger partial charge >= 0.3 is 5.97 Å². The number of aromatic carboxylic acids is 1. The van der Waals surface area contributed by atoms with Crippen LogP contribution in [0.5, 0.6) is 0 Å². The monoisotopic (exact) mass is 398 g/mol. The van der Waals surface area contributed by atoms with Gasteiger partial charge in [-0.2, -0.15) is 0 Å². The molecule has 2 atom stereocenters. The quantitative estimate of drug-likeness (QED) is 0.531. The van der Waals surface area contributed by atoms with Crippen molar-refractivity contribution in [3.8, 4) is 11.3 Å². The third-order valence-electron chi connectivity index (χ3n) is 5.85. The standard InChI is InChI=1S/C24H18N2O4/c27-22-17-9-1-2-10-18(17)23(28)26(22)15-7-5-6-14(12-15)21-13-19(24(29)30)16-8-3-4-11-20(16)25-21/h1-8,11-13,17-18H,9-10H2,(H,29,30)/t17-,18-/m1/s1. The van der Waals surface area contributed by atoms with E-state index in [1.54, 1.807) is 48.5 Å². The van der Waals surface area contributed by atoms with Crippen LogP contribution >= 0.6 is 0 Å². The first-order chi connectivity index (χ1) is 14.5. The highest BCUT2D eigenvalue weighted by Crippen LogP contribution is 2.38. The number of anilines is 1. The number of nitrogens with zero attached hydrogens (tertiary/aromatic N) is 2. The summed E-state index contributed by atoms with van der Waals surface area (Å²) in [6.45, 7) is 0. The smallest absolute Gasteiger partial charge is 0.336 e. The molecule has 1 N–H and O–H groups in total. The molecule has 0 saturated carbocycles. The predicted octanol–water partition coefficient (Wildman–Crippen LogP) is 4.06. The lowest BCUT2D eigenvalue weighted by molar-refractivity contribution is -0.122. The van der Waals surface area contributed by atoms with E-state index in [1.807, 2.05) is 12.2 Å². The summed E-state index contributed by atoms with van der Waals surface area (Å²) in [6, 6.07) is 15.6. The van der Waals surface area contributed by atoms with Crippen molar-refractivity contribution < 1.29 is 19.5 Å². The van der Waals surface area contributed by atoms with Gasteiger partial charge in [0.15, 0.2) is 0 Å². The Hall–Kier alpha value is -3.80. The molecular weight excluding hydrogens is 380 g/mol. The highest BCUT2D eigenvalue weighted by atomic mass is 16.4. The Labute approximate surface area is 172 Å². The minimum Gasteiger partial charge on any atom is -0.478 e. The second-order valence-electron chi connectivity index (χ2n) is 7.60. The van der Waals surface area contributed by atoms with E-state index in [4.69, 9.17) is 0 Å². The Morgan fingerprint density at radius 1 is 0.933 bits per heavy atom. The normalized spacial score (nSPS) is 20.6. The molecule has 1 aliphatic carbocycles. The molecule has 2 aromatic carbocycles. The summed E-state index contributed by atoms with van der Waals surface area (Å²) < 4.78 is 0. The van der Waals surface area contributed by atoms with Gasteiger partial charge in [-0.15, -0.1) is 0 Å². The number of hydrogen-bond donors (Lipinski definition) is 1. The number of pyridine rings is 1. The molecule has 0 bridgehead atoms. The summed E-state index contributed by atoms with van der Waals surface area (Å²) in [5.41, 5.74) is 2.35. The minimum absolute atomic E-state index is 0.159. The minimum atomic E-state index is -1.03. The van der Waals surface area contributed by atoms with Crippen LogP contribution in [-0.2, 0) is 9.59 Å². The maximum atomic E-state index is 12.9. The average Bonchev–Trinajstić information content (AvgIpc) is 3.03. The zero-order valence-electron chi connectivity index (χ0n) is 16.0. The SMILES string of the molecule is O=C(O)c1cc(-c2cccc(N3C(=O)[C@@H]4CC=CC[C@H]4C3=O)c2)nc2ccccc12. The molecule has 1 aromatic heterocycles. The number of allylic oxidation sites excluding steroid dienone is 2. The van der Waals surface area contributed by atoms with E-state index >= 15 is 0 Å². The number of carboxylic acids is 1. The largest absolute Gasteiger partial charge is 0.478 e. The molecule has 1 saturated heterocycles. The number of hydrogen-bond acceptors (Lipinski definition) is 4. The van der Waals surface area contributed by atoms with Crippen LogP contribution in [0.3, 0.4) is 0 Å². The molecular formula is C24H18N2O4. The fraction of sp³-hybridized carbons (Fsp3) is 0.167. The van der Waals surface area contributed by atoms with Crippen LogP contribution in [0.15, 0.2) is 66.7 Å². The van der Waals surface area contributed by atoms with Crippen molar-refractivity contribution in [3.05, 3.63) is 72.3 Å². The van der Waals surface area contributed by atoms with Gasteiger partial charge in [-0.25, -0.2) is 9.78 Å². The lowest BCUT2D eigenvalue weighted by atomic mass is 9.85. The first kappa shape index (κ1) is 18.2. The second kappa shape index (κ2) is 6.91. The molecule has 6 nitrogen and oxygen atoms in total. The van der Waals surface area contributed by atoms with Crippen molar-refractivity contribution in [2.24, 2.45) is 11.8 Å². The number of carbonyl (C=O) groups excluding carboxylic acids is 2. The van der Waals surface area contributed by atoms with E-state index in [2.05, 4.69) is 4.98 Å². The number of carbonyl (C=O) groups is 3. The Morgan fingerprint density at radius 2 is 1.63 bits per heavy atom. The van der Waals surface area contributed by atoms with Gasteiger partial charge in [0, 0.05) is 10.9 Å². The first-order valence-corrected chi connectivity index (χ1v) is 9.81. The summed E-state index contributed by atoms with van der Waals surface area (Å²) in [5.74, 6) is -1.99. The van der Waals surface area contributed by atoms with Crippen molar-refractivity contribution in [1.29, 1.82) is 0 Å². The van der Waals surface area contributed by atoms with Gasteiger partial charge in [-0.3, -0.25) is 14.5 Å². The first-order valence-electron chi connectivity index (χ1n) is 9.81. The van der Waals surface area contributed by atoms with Gasteiger partial charge in [-0.05, 0) is 37.1 Å². The van der Waals surface area contributed by atoms with Crippen LogP contribution < -0.4 is 4.90 Å². The van der Waals surface area contributed by atoms with Crippen molar-refractivity contribution in [2.75, 3.05) is 4.90 Å². The van der Waals surface area contributed by atoms with Crippen molar-refractivity contribution >= 4 is 34.4 Å². The third kappa shape index (κ3) is 2.80. The Morgan fingerprint density at radius 3 is 2.33 bits per heavy atom. The van der Waals surface area contributed by atoms with Gasteiger partial charge in [-0.1, -0.05) is 42.5 Å². The molecule has 1 aliphatic heterocycles. The maximum absolute atomic E-state index is 12.9. The Balaban J connectivity index is 1.59. The number of fused-ring (bicyclic) bond motifs is 2. The van der Waals surface area contributed by atoms with Gasteiger partial charge in [0.1, 0.15) is 0 Å². The number of imide groups is 1. The molecule has 1 fully saturated rings. The third-order valence-corrected chi connectivity index (χ3v) is 5.85. The van der Waals surface area contributed by atoms with Crippen LogP contribution in [0.4, 0.5) is 5.69 Å². The highest BCUT2D eigenvalue weighted by molar-refractivity contribution is 6.22. The zero-order valence-corrected chi connectivity index (χ0v) is 16.0. The van der Waals surface area contributed by atoms with Gasteiger partial charge in [0.05, 0.1) is 34.3 Å². The number of aromatic nitrogens is 1. The van der Waals surface area contributed by atoms with Crippen LogP contribution in [0.2, 0.25) is 0 Å². The van der Waals surface area contributed by atoms with Crippen LogP contribution in [-0.4, -0.2) is 27.9 Å². The fourth-order valence-corrected chi connectivity index (χ4v) is 4.36. The van der Waals surface area contributed by atoms with Gasteiger partial charge < -0.3 is 5.11 Å². The molecule has 148 valence electrons. The van der Waals surface area contributed by atoms with Crippen LogP contribution in [0.1, 0.15) is 23.2 Å². The number of benzene rings is 2. The number of rotatable bonds is 3. The Bertz CT molecular complexity index is 1220. The molecule has 2 amide bonds. The maximum Gasteiger partial charge on any atom is 0.336 e. The van der Waals surface area contributed by atoms with E-state index in [1.165, 1.54) is 11.0 Å². The van der Waals surface area contributed by atoms with Crippen molar-refractivity contribution in [1.82, 2.24) is 4.98 Å². The number of amides is 2. The summed E-state index contributed by atoms with van der Waals surface area (Å²) in [5, 5.41) is 10.2. The van der Waals surface area contributed by atoms with Gasteiger partial charge in [0.25, 0.3) is 0 Å². The summed E-state index contributed by atoms with van der Waals surface area (Å²) in [6.07, 6.45) is 5.08. The molecule has 2 heterocycles. The predicted molar refractivity (Wildman–Crippen MR) is 112 cm³/mol. The number of para-hydroxylation sites is 1. The van der Waals surface area contributed by atoms with Crippen LogP contribution in [0.25, 0.3) is 22.2 Å². The highest BCUT2D eigenvalue weighted by Gasteiger charge is 2.47. The molecule has 30 heavy (non-hydrogen) atoms. The fourth-order valence-electron chi connectivity index (χ4n) is 4.36. The zero-order chi connectivity index (χ0) is 20.8. The van der Waals surface area contributed by atoms with Gasteiger partial charge in [0.2, 0.25) is 11.8 Å². The molecule has 6 heteroatoms.